The average Bonchev–Trinajstić information content (AvgIpc) is 2.77. The van der Waals surface area contributed by atoms with E-state index in [9.17, 15) is 22.0 Å². The Balaban J connectivity index is 1.66. The first-order valence-corrected chi connectivity index (χ1v) is 11.1. The zero-order valence-corrected chi connectivity index (χ0v) is 17.5. The fraction of sp³-hybridized carbons (Fsp3) is 0.174. The maximum atomic E-state index is 13.2. The third-order valence-electron chi connectivity index (χ3n) is 4.61. The number of anilines is 1. The van der Waals surface area contributed by atoms with E-state index in [-0.39, 0.29) is 10.7 Å². The summed E-state index contributed by atoms with van der Waals surface area (Å²) in [5.74, 6) is -1.32. The molecule has 3 rings (SSSR count). The summed E-state index contributed by atoms with van der Waals surface area (Å²) in [6.45, 7) is -0.0737. The lowest BCUT2D eigenvalue weighted by molar-refractivity contribution is -0.119. The minimum absolute atomic E-state index is 0.109. The third-order valence-corrected chi connectivity index (χ3v) is 6.40. The summed E-state index contributed by atoms with van der Waals surface area (Å²) in [5, 5.41) is 2.72. The van der Waals surface area contributed by atoms with E-state index in [1.807, 2.05) is 0 Å². The van der Waals surface area contributed by atoms with Gasteiger partial charge in [0.15, 0.2) is 0 Å². The van der Waals surface area contributed by atoms with Gasteiger partial charge in [0.2, 0.25) is 5.91 Å². The molecule has 3 aromatic rings. The minimum Gasteiger partial charge on any atom is -0.355 e. The molecular formula is C23H22F2N2O3S. The van der Waals surface area contributed by atoms with Crippen LogP contribution in [-0.4, -0.2) is 27.4 Å². The monoisotopic (exact) mass is 444 g/mol. The molecule has 162 valence electrons. The largest absolute Gasteiger partial charge is 0.355 e. The van der Waals surface area contributed by atoms with E-state index in [2.05, 4.69) is 5.32 Å². The van der Waals surface area contributed by atoms with Crippen molar-refractivity contribution < 1.29 is 22.0 Å². The van der Waals surface area contributed by atoms with E-state index in [1.165, 1.54) is 24.3 Å². The summed E-state index contributed by atoms with van der Waals surface area (Å²) in [5.41, 5.74) is 1.27. The maximum Gasteiger partial charge on any atom is 0.264 e. The standard InChI is InChI=1S/C23H22F2N2O3S/c24-19-10-8-18(9-11-19)5-4-16-26-23(28)17-27(21-6-2-1-3-7-21)31(29,30)22-14-12-20(25)13-15-22/h1-3,6-15H,4-5,16-17H2,(H,26,28). The molecule has 5 nitrogen and oxygen atoms in total. The van der Waals surface area contributed by atoms with Crippen LogP contribution in [0.15, 0.2) is 83.8 Å². The lowest BCUT2D eigenvalue weighted by atomic mass is 10.1. The molecule has 0 unspecified atom stereocenters. The number of sulfonamides is 1. The normalized spacial score (nSPS) is 11.2. The summed E-state index contributed by atoms with van der Waals surface area (Å²) in [4.78, 5) is 12.4. The van der Waals surface area contributed by atoms with Gasteiger partial charge < -0.3 is 5.32 Å². The summed E-state index contributed by atoms with van der Waals surface area (Å²) in [7, 11) is -4.07. The number of halogens is 2. The number of nitrogens with zero attached hydrogens (tertiary/aromatic N) is 1. The minimum atomic E-state index is -4.07. The molecule has 1 amide bonds. The van der Waals surface area contributed by atoms with Gasteiger partial charge in [0.1, 0.15) is 18.2 Å². The molecule has 0 fully saturated rings. The van der Waals surface area contributed by atoms with Gasteiger partial charge in [-0.1, -0.05) is 30.3 Å². The highest BCUT2D eigenvalue weighted by molar-refractivity contribution is 7.92. The lowest BCUT2D eigenvalue weighted by Crippen LogP contribution is -2.41. The molecule has 0 aliphatic rings. The van der Waals surface area contributed by atoms with Crippen LogP contribution in [0.1, 0.15) is 12.0 Å². The summed E-state index contributed by atoms with van der Waals surface area (Å²) < 4.78 is 53.4. The summed E-state index contributed by atoms with van der Waals surface area (Å²) in [6.07, 6.45) is 1.27. The van der Waals surface area contributed by atoms with Crippen molar-refractivity contribution in [3.8, 4) is 0 Å². The number of rotatable bonds is 9. The number of hydrogen-bond donors (Lipinski definition) is 1. The summed E-state index contributed by atoms with van der Waals surface area (Å²) >= 11 is 0. The quantitative estimate of drug-likeness (QED) is 0.509. The number of carbonyl (C=O) groups excluding carboxylic acids is 1. The van der Waals surface area contributed by atoms with E-state index < -0.39 is 28.3 Å². The third kappa shape index (κ3) is 6.11. The number of carbonyl (C=O) groups is 1. The number of benzene rings is 3. The van der Waals surface area contributed by atoms with Crippen LogP contribution in [0.2, 0.25) is 0 Å². The van der Waals surface area contributed by atoms with Gasteiger partial charge >= 0.3 is 0 Å². The number of para-hydroxylation sites is 1. The number of amides is 1. The molecule has 1 N–H and O–H groups in total. The van der Waals surface area contributed by atoms with E-state index in [0.717, 1.165) is 22.0 Å². The second-order valence-electron chi connectivity index (χ2n) is 6.88. The molecule has 0 aliphatic heterocycles. The van der Waals surface area contributed by atoms with E-state index in [4.69, 9.17) is 0 Å². The molecule has 0 spiro atoms. The van der Waals surface area contributed by atoms with Crippen LogP contribution < -0.4 is 9.62 Å². The van der Waals surface area contributed by atoms with Gasteiger partial charge in [0.05, 0.1) is 10.6 Å². The Labute approximate surface area is 180 Å². The first kappa shape index (κ1) is 22.4. The Morgan fingerprint density at radius 2 is 1.42 bits per heavy atom. The zero-order chi connectivity index (χ0) is 22.3. The predicted molar refractivity (Wildman–Crippen MR) is 115 cm³/mol. The van der Waals surface area contributed by atoms with Crippen LogP contribution in [0.25, 0.3) is 0 Å². The fourth-order valence-corrected chi connectivity index (χ4v) is 4.42. The highest BCUT2D eigenvalue weighted by atomic mass is 32.2. The van der Waals surface area contributed by atoms with Gasteiger partial charge in [0.25, 0.3) is 10.0 Å². The molecule has 0 aliphatic carbocycles. The van der Waals surface area contributed by atoms with E-state index in [0.29, 0.717) is 25.1 Å². The molecule has 0 radical (unpaired) electrons. The van der Waals surface area contributed by atoms with Crippen molar-refractivity contribution >= 4 is 21.6 Å². The van der Waals surface area contributed by atoms with Crippen LogP contribution >= 0.6 is 0 Å². The topological polar surface area (TPSA) is 66.5 Å². The highest BCUT2D eigenvalue weighted by Gasteiger charge is 2.27. The van der Waals surface area contributed by atoms with Crippen LogP contribution in [0.3, 0.4) is 0 Å². The number of aryl methyl sites for hydroxylation is 1. The molecule has 3 aromatic carbocycles. The van der Waals surface area contributed by atoms with Gasteiger partial charge in [-0.05, 0) is 66.9 Å². The average molecular weight is 445 g/mol. The van der Waals surface area contributed by atoms with Crippen LogP contribution in [-0.2, 0) is 21.2 Å². The number of hydrogen-bond acceptors (Lipinski definition) is 3. The van der Waals surface area contributed by atoms with Crippen LogP contribution in [0, 0.1) is 11.6 Å². The molecule has 0 aromatic heterocycles. The Kier molecular flexibility index (Phi) is 7.36. The Bertz CT molecular complexity index is 1100. The van der Waals surface area contributed by atoms with Crippen molar-refractivity contribution in [2.75, 3.05) is 17.4 Å². The molecule has 0 bridgehead atoms. The van der Waals surface area contributed by atoms with E-state index >= 15 is 0 Å². The van der Waals surface area contributed by atoms with Crippen LogP contribution in [0.5, 0.6) is 0 Å². The van der Waals surface area contributed by atoms with Crippen molar-refractivity contribution in [1.29, 1.82) is 0 Å². The van der Waals surface area contributed by atoms with Gasteiger partial charge in [-0.15, -0.1) is 0 Å². The van der Waals surface area contributed by atoms with Crippen LogP contribution in [0.4, 0.5) is 14.5 Å². The first-order valence-electron chi connectivity index (χ1n) is 9.71. The molecule has 8 heteroatoms. The van der Waals surface area contributed by atoms with E-state index in [1.54, 1.807) is 42.5 Å². The van der Waals surface area contributed by atoms with Gasteiger partial charge in [-0.3, -0.25) is 9.10 Å². The fourth-order valence-electron chi connectivity index (χ4n) is 3.00. The molecular weight excluding hydrogens is 422 g/mol. The second-order valence-corrected chi connectivity index (χ2v) is 8.74. The Hall–Kier alpha value is -3.26. The lowest BCUT2D eigenvalue weighted by Gasteiger charge is -2.24. The van der Waals surface area contributed by atoms with Crippen molar-refractivity contribution in [2.24, 2.45) is 0 Å². The smallest absolute Gasteiger partial charge is 0.264 e. The van der Waals surface area contributed by atoms with Crippen molar-refractivity contribution in [2.45, 2.75) is 17.7 Å². The summed E-state index contributed by atoms with van der Waals surface area (Å²) in [6, 6.07) is 18.8. The highest BCUT2D eigenvalue weighted by Crippen LogP contribution is 2.23. The van der Waals surface area contributed by atoms with Crippen molar-refractivity contribution in [1.82, 2.24) is 5.32 Å². The molecule has 0 saturated carbocycles. The second kappa shape index (κ2) is 10.2. The zero-order valence-electron chi connectivity index (χ0n) is 16.7. The molecule has 0 heterocycles. The van der Waals surface area contributed by atoms with Gasteiger partial charge in [-0.25, -0.2) is 17.2 Å². The Morgan fingerprint density at radius 3 is 2.03 bits per heavy atom. The first-order chi connectivity index (χ1) is 14.9. The van der Waals surface area contributed by atoms with Gasteiger partial charge in [-0.2, -0.15) is 0 Å². The molecule has 31 heavy (non-hydrogen) atoms. The van der Waals surface area contributed by atoms with Crippen molar-refractivity contribution in [3.63, 3.8) is 0 Å². The Morgan fingerprint density at radius 1 is 0.839 bits per heavy atom. The maximum absolute atomic E-state index is 13.2. The predicted octanol–water partition coefficient (Wildman–Crippen LogP) is 3.91. The molecule has 0 saturated heterocycles. The van der Waals surface area contributed by atoms with Gasteiger partial charge in [0, 0.05) is 6.54 Å². The van der Waals surface area contributed by atoms with Crippen molar-refractivity contribution in [3.05, 3.63) is 96.1 Å². The molecule has 0 atom stereocenters. The SMILES string of the molecule is O=C(CN(c1ccccc1)S(=O)(=O)c1ccc(F)cc1)NCCCc1ccc(F)cc1. The number of nitrogens with one attached hydrogen (secondary N) is 1.